The lowest BCUT2D eigenvalue weighted by molar-refractivity contribution is -0.131. The molecule has 0 saturated carbocycles. The molecule has 1 aliphatic rings. The van der Waals surface area contributed by atoms with E-state index < -0.39 is 0 Å². The summed E-state index contributed by atoms with van der Waals surface area (Å²) < 4.78 is 5.87. The Kier molecular flexibility index (Phi) is 6.82. The molecule has 0 radical (unpaired) electrons. The first-order valence-corrected chi connectivity index (χ1v) is 9.83. The van der Waals surface area contributed by atoms with Crippen molar-refractivity contribution in [3.63, 3.8) is 0 Å². The van der Waals surface area contributed by atoms with Crippen LogP contribution < -0.4 is 4.74 Å². The number of nitrogens with zero attached hydrogens (tertiary/aromatic N) is 3. The van der Waals surface area contributed by atoms with E-state index in [4.69, 9.17) is 4.74 Å². The highest BCUT2D eigenvalue weighted by Crippen LogP contribution is 2.25. The van der Waals surface area contributed by atoms with E-state index in [1.807, 2.05) is 24.2 Å². The molecule has 0 fully saturated rings. The molecule has 27 heavy (non-hydrogen) atoms. The Balaban J connectivity index is 1.71. The Labute approximate surface area is 162 Å². The first-order valence-electron chi connectivity index (χ1n) is 9.83. The lowest BCUT2D eigenvalue weighted by atomic mass is 10.1. The van der Waals surface area contributed by atoms with Crippen LogP contribution in [0.15, 0.2) is 42.7 Å². The molecule has 0 aliphatic carbocycles. The van der Waals surface area contributed by atoms with Crippen LogP contribution in [0.4, 0.5) is 0 Å². The number of pyridine rings is 1. The number of aromatic nitrogens is 1. The summed E-state index contributed by atoms with van der Waals surface area (Å²) in [5, 5.41) is 0. The maximum Gasteiger partial charge on any atom is 0.222 e. The lowest BCUT2D eigenvalue weighted by Gasteiger charge is -2.22. The molecular formula is C22H29N3O2. The van der Waals surface area contributed by atoms with E-state index >= 15 is 0 Å². The predicted molar refractivity (Wildman–Crippen MR) is 106 cm³/mol. The molecule has 3 rings (SSSR count). The Bertz CT molecular complexity index is 748. The fraction of sp³-hybridized carbons (Fsp3) is 0.455. The fourth-order valence-corrected chi connectivity index (χ4v) is 3.41. The summed E-state index contributed by atoms with van der Waals surface area (Å²) in [6.07, 6.45) is 5.16. The zero-order valence-corrected chi connectivity index (χ0v) is 16.4. The van der Waals surface area contributed by atoms with Crippen molar-refractivity contribution < 1.29 is 9.53 Å². The molecule has 2 heterocycles. The zero-order chi connectivity index (χ0) is 19.1. The van der Waals surface area contributed by atoms with Gasteiger partial charge in [0.25, 0.3) is 0 Å². The quantitative estimate of drug-likeness (QED) is 0.750. The monoisotopic (exact) mass is 367 g/mol. The van der Waals surface area contributed by atoms with Crippen LogP contribution in [0.25, 0.3) is 0 Å². The van der Waals surface area contributed by atoms with E-state index in [1.54, 1.807) is 0 Å². The molecule has 5 heteroatoms. The van der Waals surface area contributed by atoms with Gasteiger partial charge in [-0.05, 0) is 48.4 Å². The van der Waals surface area contributed by atoms with E-state index in [2.05, 4.69) is 47.1 Å². The number of benzene rings is 1. The minimum absolute atomic E-state index is 0.215. The number of rotatable bonds is 7. The fourth-order valence-electron chi connectivity index (χ4n) is 3.41. The SMILES string of the molecule is CCCC(=O)N1CCOc2ccc(CN(CC)Cc3ccncc3)cc2C1. The van der Waals surface area contributed by atoms with Gasteiger partial charge in [-0.3, -0.25) is 14.7 Å². The van der Waals surface area contributed by atoms with Gasteiger partial charge in [-0.2, -0.15) is 0 Å². The maximum absolute atomic E-state index is 12.3. The minimum Gasteiger partial charge on any atom is -0.491 e. The normalized spacial score (nSPS) is 13.8. The van der Waals surface area contributed by atoms with Crippen LogP contribution in [-0.4, -0.2) is 40.4 Å². The molecule has 1 aromatic carbocycles. The molecule has 1 aliphatic heterocycles. The molecule has 2 aromatic rings. The summed E-state index contributed by atoms with van der Waals surface area (Å²) in [6.45, 7) is 8.81. The summed E-state index contributed by atoms with van der Waals surface area (Å²) in [4.78, 5) is 20.7. The average molecular weight is 367 g/mol. The minimum atomic E-state index is 0.215. The van der Waals surface area contributed by atoms with Crippen LogP contribution in [0.3, 0.4) is 0 Å². The molecule has 5 nitrogen and oxygen atoms in total. The topological polar surface area (TPSA) is 45.7 Å². The second kappa shape index (κ2) is 9.51. The summed E-state index contributed by atoms with van der Waals surface area (Å²) in [6, 6.07) is 10.5. The first kappa shape index (κ1) is 19.4. The summed E-state index contributed by atoms with van der Waals surface area (Å²) in [7, 11) is 0. The zero-order valence-electron chi connectivity index (χ0n) is 16.4. The van der Waals surface area contributed by atoms with E-state index in [1.165, 1.54) is 11.1 Å². The Morgan fingerprint density at radius 1 is 1.15 bits per heavy atom. The van der Waals surface area contributed by atoms with E-state index in [-0.39, 0.29) is 5.91 Å². The van der Waals surface area contributed by atoms with Crippen molar-refractivity contribution in [3.8, 4) is 5.75 Å². The van der Waals surface area contributed by atoms with Crippen molar-refractivity contribution in [3.05, 3.63) is 59.4 Å². The second-order valence-corrected chi connectivity index (χ2v) is 7.01. The predicted octanol–water partition coefficient (Wildman–Crippen LogP) is 3.62. The summed E-state index contributed by atoms with van der Waals surface area (Å²) in [5.74, 6) is 1.12. The van der Waals surface area contributed by atoms with Crippen LogP contribution in [0.5, 0.6) is 5.75 Å². The van der Waals surface area contributed by atoms with Crippen LogP contribution in [0.1, 0.15) is 43.4 Å². The molecule has 0 saturated heterocycles. The summed E-state index contributed by atoms with van der Waals surface area (Å²) >= 11 is 0. The highest BCUT2D eigenvalue weighted by atomic mass is 16.5. The van der Waals surface area contributed by atoms with Gasteiger partial charge < -0.3 is 9.64 Å². The van der Waals surface area contributed by atoms with Gasteiger partial charge in [0.1, 0.15) is 12.4 Å². The third kappa shape index (κ3) is 5.30. The third-order valence-electron chi connectivity index (χ3n) is 4.93. The number of ether oxygens (including phenoxy) is 1. The van der Waals surface area contributed by atoms with Crippen molar-refractivity contribution in [1.82, 2.24) is 14.8 Å². The van der Waals surface area contributed by atoms with Crippen molar-refractivity contribution in [2.75, 3.05) is 19.7 Å². The highest BCUT2D eigenvalue weighted by molar-refractivity contribution is 5.76. The molecule has 0 N–H and O–H groups in total. The number of hydrogen-bond donors (Lipinski definition) is 0. The van der Waals surface area contributed by atoms with E-state index in [0.717, 1.165) is 37.4 Å². The number of carbonyl (C=O) groups excluding carboxylic acids is 1. The van der Waals surface area contributed by atoms with Gasteiger partial charge in [0.05, 0.1) is 6.54 Å². The highest BCUT2D eigenvalue weighted by Gasteiger charge is 2.19. The molecule has 144 valence electrons. The van der Waals surface area contributed by atoms with Gasteiger partial charge in [0.15, 0.2) is 0 Å². The third-order valence-corrected chi connectivity index (χ3v) is 4.93. The number of fused-ring (bicyclic) bond motifs is 1. The van der Waals surface area contributed by atoms with Gasteiger partial charge in [-0.15, -0.1) is 0 Å². The molecule has 1 aromatic heterocycles. The molecular weight excluding hydrogens is 338 g/mol. The number of hydrogen-bond acceptors (Lipinski definition) is 4. The van der Waals surface area contributed by atoms with Crippen molar-refractivity contribution >= 4 is 5.91 Å². The van der Waals surface area contributed by atoms with Crippen LogP contribution in [0, 0.1) is 0 Å². The molecule has 0 bridgehead atoms. The lowest BCUT2D eigenvalue weighted by Crippen LogP contribution is -2.32. The van der Waals surface area contributed by atoms with E-state index in [9.17, 15) is 4.79 Å². The first-order chi connectivity index (χ1) is 13.2. The summed E-state index contributed by atoms with van der Waals surface area (Å²) in [5.41, 5.74) is 3.62. The molecule has 0 atom stereocenters. The number of carbonyl (C=O) groups is 1. The largest absolute Gasteiger partial charge is 0.491 e. The van der Waals surface area contributed by atoms with Gasteiger partial charge in [0, 0.05) is 44.0 Å². The van der Waals surface area contributed by atoms with E-state index in [0.29, 0.717) is 26.1 Å². The Morgan fingerprint density at radius 3 is 2.67 bits per heavy atom. The molecule has 1 amide bonds. The van der Waals surface area contributed by atoms with Crippen LogP contribution in [0.2, 0.25) is 0 Å². The van der Waals surface area contributed by atoms with Gasteiger partial charge >= 0.3 is 0 Å². The Hall–Kier alpha value is -2.40. The molecule has 0 unspecified atom stereocenters. The van der Waals surface area contributed by atoms with Crippen molar-refractivity contribution in [2.45, 2.75) is 46.3 Å². The van der Waals surface area contributed by atoms with Gasteiger partial charge in [-0.25, -0.2) is 0 Å². The van der Waals surface area contributed by atoms with Gasteiger partial charge in [0.2, 0.25) is 5.91 Å². The van der Waals surface area contributed by atoms with Crippen LogP contribution in [-0.2, 0) is 24.4 Å². The smallest absolute Gasteiger partial charge is 0.222 e. The standard InChI is InChI=1S/C22H29N3O2/c1-3-5-22(26)25-12-13-27-21-7-6-19(14-20(21)17-25)16-24(4-2)15-18-8-10-23-11-9-18/h6-11,14H,3-5,12-13,15-17H2,1-2H3. The second-order valence-electron chi connectivity index (χ2n) is 7.01. The number of amides is 1. The Morgan fingerprint density at radius 2 is 1.93 bits per heavy atom. The molecule has 0 spiro atoms. The van der Waals surface area contributed by atoms with Gasteiger partial charge in [-0.1, -0.05) is 19.9 Å². The van der Waals surface area contributed by atoms with Crippen LogP contribution >= 0.6 is 0 Å². The average Bonchev–Trinajstić information content (AvgIpc) is 2.90. The van der Waals surface area contributed by atoms with Crippen molar-refractivity contribution in [1.29, 1.82) is 0 Å². The van der Waals surface area contributed by atoms with Crippen molar-refractivity contribution in [2.24, 2.45) is 0 Å². The maximum atomic E-state index is 12.3.